The minimum atomic E-state index is -1.23. The van der Waals surface area contributed by atoms with Crippen molar-refractivity contribution in [3.05, 3.63) is 24.3 Å². The molecule has 1 aliphatic rings. The van der Waals surface area contributed by atoms with E-state index in [1.807, 2.05) is 0 Å². The zero-order valence-corrected chi connectivity index (χ0v) is 19.0. The van der Waals surface area contributed by atoms with Gasteiger partial charge in [-0.05, 0) is 24.3 Å². The molecule has 0 aliphatic carbocycles. The monoisotopic (exact) mass is 487 g/mol. The summed E-state index contributed by atoms with van der Waals surface area (Å²) < 4.78 is 42.5. The molecule has 1 aromatic rings. The van der Waals surface area contributed by atoms with Gasteiger partial charge in [-0.3, -0.25) is 0 Å². The van der Waals surface area contributed by atoms with E-state index in [9.17, 15) is 19.5 Å². The number of nitrogen functional groups attached to an aromatic ring is 1. The summed E-state index contributed by atoms with van der Waals surface area (Å²) in [5.74, 6) is -1.77. The number of carbonyl (C=O) groups excluding carboxylic acids is 3. The summed E-state index contributed by atoms with van der Waals surface area (Å²) in [5, 5.41) is 9.93. The second-order valence-corrected chi connectivity index (χ2v) is 6.97. The zero-order chi connectivity index (χ0) is 25.1. The Bertz CT molecular complexity index is 801. The lowest BCUT2D eigenvalue weighted by atomic mass is 9.98. The van der Waals surface area contributed by atoms with Gasteiger partial charge in [0.1, 0.15) is 50.0 Å². The van der Waals surface area contributed by atoms with E-state index in [-0.39, 0.29) is 0 Å². The van der Waals surface area contributed by atoms with Crippen LogP contribution in [0.3, 0.4) is 0 Å². The van der Waals surface area contributed by atoms with Gasteiger partial charge in [0.25, 0.3) is 0 Å². The van der Waals surface area contributed by atoms with E-state index in [1.165, 1.54) is 21.3 Å². The molecule has 190 valence electrons. The number of aliphatic hydroxyl groups is 1. The van der Waals surface area contributed by atoms with E-state index in [1.54, 1.807) is 24.3 Å². The Kier molecular flexibility index (Phi) is 11.0. The maximum Gasteiger partial charge on any atom is 0.331 e. The molecule has 13 heteroatoms. The Labute approximate surface area is 195 Å². The fourth-order valence-corrected chi connectivity index (χ4v) is 3.04. The molecule has 0 aromatic heterocycles. The number of ether oxygens (including phenoxy) is 8. The van der Waals surface area contributed by atoms with Gasteiger partial charge in [-0.2, -0.15) is 0 Å². The summed E-state index contributed by atoms with van der Waals surface area (Å²) in [6.07, 6.45) is -5.75. The molecule has 1 aromatic carbocycles. The highest BCUT2D eigenvalue weighted by molar-refractivity contribution is 5.71. The standard InChI is InChI=1S/C21H29NO12/c1-27-15(24)9-30-18-14(8-23)34-21(33-13-6-4-12(22)5-7-13)20(32-11-17(26)29-3)19(18)31-10-16(25)28-2/h4-7,14,18-21,23H,8-11,22H2,1-3H3. The minimum absolute atomic E-state index is 0.336. The van der Waals surface area contributed by atoms with E-state index in [0.717, 1.165) is 0 Å². The van der Waals surface area contributed by atoms with Crippen LogP contribution in [0, 0.1) is 0 Å². The zero-order valence-electron chi connectivity index (χ0n) is 19.0. The van der Waals surface area contributed by atoms with Crippen LogP contribution in [-0.4, -0.2) is 101 Å². The lowest BCUT2D eigenvalue weighted by Gasteiger charge is -2.44. The van der Waals surface area contributed by atoms with Crippen LogP contribution in [-0.2, 0) is 47.5 Å². The Balaban J connectivity index is 2.36. The van der Waals surface area contributed by atoms with Crippen molar-refractivity contribution < 1.29 is 57.4 Å². The van der Waals surface area contributed by atoms with Crippen LogP contribution >= 0.6 is 0 Å². The number of esters is 3. The van der Waals surface area contributed by atoms with Crippen molar-refractivity contribution in [3.63, 3.8) is 0 Å². The number of aliphatic hydroxyl groups excluding tert-OH is 1. The third-order valence-electron chi connectivity index (χ3n) is 4.77. The summed E-state index contributed by atoms with van der Waals surface area (Å²) in [4.78, 5) is 35.1. The molecule has 0 spiro atoms. The number of benzene rings is 1. The van der Waals surface area contributed by atoms with Crippen LogP contribution in [0.25, 0.3) is 0 Å². The van der Waals surface area contributed by atoms with Crippen molar-refractivity contribution in [3.8, 4) is 5.75 Å². The van der Waals surface area contributed by atoms with Gasteiger partial charge < -0.3 is 48.7 Å². The van der Waals surface area contributed by atoms with Gasteiger partial charge in [-0.1, -0.05) is 0 Å². The molecule has 0 radical (unpaired) electrons. The maximum absolute atomic E-state index is 11.7. The first kappa shape index (κ1) is 27.3. The van der Waals surface area contributed by atoms with Crippen molar-refractivity contribution in [2.24, 2.45) is 0 Å². The molecule has 0 amide bonds. The fraction of sp³-hybridized carbons (Fsp3) is 0.571. The van der Waals surface area contributed by atoms with Gasteiger partial charge in [-0.15, -0.1) is 0 Å². The fourth-order valence-electron chi connectivity index (χ4n) is 3.04. The van der Waals surface area contributed by atoms with Crippen LogP contribution < -0.4 is 10.5 Å². The second-order valence-electron chi connectivity index (χ2n) is 6.97. The van der Waals surface area contributed by atoms with E-state index in [4.69, 9.17) is 29.4 Å². The predicted octanol–water partition coefficient (Wildman–Crippen LogP) is -0.961. The maximum atomic E-state index is 11.7. The van der Waals surface area contributed by atoms with Gasteiger partial charge in [0.15, 0.2) is 0 Å². The number of rotatable bonds is 12. The normalized spacial score (nSPS) is 24.2. The van der Waals surface area contributed by atoms with E-state index >= 15 is 0 Å². The quantitative estimate of drug-likeness (QED) is 0.210. The molecule has 1 fully saturated rings. The Morgan fingerprint density at radius 1 is 0.824 bits per heavy atom. The second kappa shape index (κ2) is 13.7. The van der Waals surface area contributed by atoms with Crippen LogP contribution in [0.4, 0.5) is 5.69 Å². The number of carbonyl (C=O) groups is 3. The number of nitrogens with two attached hydrogens (primary N) is 1. The lowest BCUT2D eigenvalue weighted by Crippen LogP contribution is -2.63. The molecule has 5 unspecified atom stereocenters. The largest absolute Gasteiger partial charge is 0.467 e. The van der Waals surface area contributed by atoms with Crippen molar-refractivity contribution in [2.75, 3.05) is 53.5 Å². The van der Waals surface area contributed by atoms with Gasteiger partial charge in [-0.25, -0.2) is 14.4 Å². The first-order valence-electron chi connectivity index (χ1n) is 10.2. The van der Waals surface area contributed by atoms with Crippen LogP contribution in [0.1, 0.15) is 0 Å². The molecule has 3 N–H and O–H groups in total. The molecular formula is C21H29NO12. The van der Waals surface area contributed by atoms with Crippen LogP contribution in [0.5, 0.6) is 5.75 Å². The molecule has 2 rings (SSSR count). The van der Waals surface area contributed by atoms with Gasteiger partial charge in [0.05, 0.1) is 27.9 Å². The summed E-state index contributed by atoms with van der Waals surface area (Å²) >= 11 is 0. The number of hydrogen-bond acceptors (Lipinski definition) is 13. The van der Waals surface area contributed by atoms with Crippen molar-refractivity contribution in [2.45, 2.75) is 30.7 Å². The highest BCUT2D eigenvalue weighted by Gasteiger charge is 2.50. The Morgan fingerprint density at radius 3 is 1.76 bits per heavy atom. The lowest BCUT2D eigenvalue weighted by molar-refractivity contribution is -0.301. The molecule has 5 atom stereocenters. The molecule has 13 nitrogen and oxygen atoms in total. The minimum Gasteiger partial charge on any atom is -0.467 e. The highest BCUT2D eigenvalue weighted by atomic mass is 16.7. The molecule has 0 saturated carbocycles. The topological polar surface area (TPSA) is 171 Å². The predicted molar refractivity (Wildman–Crippen MR) is 112 cm³/mol. The first-order valence-corrected chi connectivity index (χ1v) is 10.2. The molecule has 1 aliphatic heterocycles. The van der Waals surface area contributed by atoms with Crippen LogP contribution in [0.15, 0.2) is 24.3 Å². The van der Waals surface area contributed by atoms with Crippen molar-refractivity contribution in [1.82, 2.24) is 0 Å². The van der Waals surface area contributed by atoms with Crippen molar-refractivity contribution in [1.29, 1.82) is 0 Å². The summed E-state index contributed by atoms with van der Waals surface area (Å²) in [6.45, 7) is -2.11. The molecule has 0 bridgehead atoms. The average Bonchev–Trinajstić information content (AvgIpc) is 2.85. The van der Waals surface area contributed by atoms with Gasteiger partial charge in [0, 0.05) is 5.69 Å². The number of methoxy groups -OCH3 is 3. The number of anilines is 1. The molecule has 34 heavy (non-hydrogen) atoms. The first-order chi connectivity index (χ1) is 16.3. The van der Waals surface area contributed by atoms with E-state index < -0.39 is 75.0 Å². The Hall–Kier alpha value is -2.97. The van der Waals surface area contributed by atoms with Crippen molar-refractivity contribution >= 4 is 23.6 Å². The van der Waals surface area contributed by atoms with Crippen LogP contribution in [0.2, 0.25) is 0 Å². The number of hydrogen-bond donors (Lipinski definition) is 2. The van der Waals surface area contributed by atoms with E-state index in [0.29, 0.717) is 11.4 Å². The summed E-state index contributed by atoms with van der Waals surface area (Å²) in [7, 11) is 3.53. The molecular weight excluding hydrogens is 458 g/mol. The van der Waals surface area contributed by atoms with Gasteiger partial charge in [0.2, 0.25) is 6.29 Å². The smallest absolute Gasteiger partial charge is 0.331 e. The van der Waals surface area contributed by atoms with Gasteiger partial charge >= 0.3 is 17.9 Å². The summed E-state index contributed by atoms with van der Waals surface area (Å²) in [5.41, 5.74) is 6.20. The molecule has 1 saturated heterocycles. The third-order valence-corrected chi connectivity index (χ3v) is 4.77. The SMILES string of the molecule is COC(=O)COC1C(CO)OC(Oc2ccc(N)cc2)C(OCC(=O)OC)C1OCC(=O)OC. The molecule has 1 heterocycles. The third kappa shape index (κ3) is 7.81. The highest BCUT2D eigenvalue weighted by Crippen LogP contribution is 2.30. The summed E-state index contributed by atoms with van der Waals surface area (Å²) in [6, 6.07) is 6.35. The Morgan fingerprint density at radius 2 is 1.29 bits per heavy atom. The average molecular weight is 487 g/mol. The van der Waals surface area contributed by atoms with E-state index in [2.05, 4.69) is 14.2 Å².